The van der Waals surface area contributed by atoms with Crippen molar-refractivity contribution in [2.24, 2.45) is 0 Å². The van der Waals surface area contributed by atoms with Gasteiger partial charge in [-0.15, -0.1) is 0 Å². The van der Waals surface area contributed by atoms with Crippen LogP contribution in [0.3, 0.4) is 0 Å². The summed E-state index contributed by atoms with van der Waals surface area (Å²) in [5.74, 6) is 2.03. The minimum atomic E-state index is -0.698. The number of morpholine rings is 2. The summed E-state index contributed by atoms with van der Waals surface area (Å²) in [5.41, 5.74) is 1.52. The van der Waals surface area contributed by atoms with Gasteiger partial charge in [0.05, 0.1) is 61.6 Å². The summed E-state index contributed by atoms with van der Waals surface area (Å²) in [5, 5.41) is 0. The third kappa shape index (κ3) is 3.03. The molecular weight excluding hydrogens is 425 g/mol. The predicted molar refractivity (Wildman–Crippen MR) is 119 cm³/mol. The van der Waals surface area contributed by atoms with Crippen LogP contribution in [0.2, 0.25) is 0 Å². The fourth-order valence-electron chi connectivity index (χ4n) is 5.97. The molecule has 1 aromatic carbocycles. The van der Waals surface area contributed by atoms with Crippen molar-refractivity contribution in [3.63, 3.8) is 0 Å². The molecule has 7 rings (SSSR count). The molecule has 6 heterocycles. The highest BCUT2D eigenvalue weighted by Gasteiger charge is 2.42. The molecule has 4 aliphatic rings. The Kier molecular flexibility index (Phi) is 4.51. The maximum atomic E-state index is 14.1. The first-order valence-corrected chi connectivity index (χ1v) is 11.8. The number of anilines is 2. The van der Waals surface area contributed by atoms with Crippen LogP contribution in [0.1, 0.15) is 31.5 Å². The molecule has 10 heteroatoms. The molecule has 4 saturated heterocycles. The van der Waals surface area contributed by atoms with Crippen LogP contribution >= 0.6 is 0 Å². The number of hydrogen-bond acceptors (Lipinski definition) is 8. The van der Waals surface area contributed by atoms with E-state index in [0.29, 0.717) is 50.1 Å². The lowest BCUT2D eigenvalue weighted by Gasteiger charge is -2.37. The standard InChI is InChI=1S/C23H26FN7O2/c24-9-20-25-18-3-1-2-4-19(18)31(20)23-27-21(29-14-5-6-15(29)11-32-10-14)26-22(28-23)30-16-7-8-17(30)13-33-12-16/h1-4,14-17H,5-13H2. The number of rotatable bonds is 4. The van der Waals surface area contributed by atoms with Gasteiger partial charge in [-0.25, -0.2) is 9.37 Å². The molecule has 2 aromatic heterocycles. The molecule has 0 spiro atoms. The van der Waals surface area contributed by atoms with Crippen LogP contribution in [0.15, 0.2) is 24.3 Å². The van der Waals surface area contributed by atoms with Crippen molar-refractivity contribution in [3.05, 3.63) is 30.1 Å². The number of hydrogen-bond donors (Lipinski definition) is 0. The molecule has 3 aromatic rings. The first kappa shape index (κ1) is 19.6. The summed E-state index contributed by atoms with van der Waals surface area (Å²) in [6.07, 6.45) is 4.25. The zero-order valence-corrected chi connectivity index (χ0v) is 18.3. The van der Waals surface area contributed by atoms with Crippen molar-refractivity contribution in [2.75, 3.05) is 36.2 Å². The lowest BCUT2D eigenvalue weighted by atomic mass is 10.2. The van der Waals surface area contributed by atoms with E-state index in [1.807, 2.05) is 24.3 Å². The summed E-state index contributed by atoms with van der Waals surface area (Å²) >= 11 is 0. The van der Waals surface area contributed by atoms with E-state index in [-0.39, 0.29) is 24.2 Å². The molecule has 4 bridgehead atoms. The molecule has 33 heavy (non-hydrogen) atoms. The third-order valence-corrected chi connectivity index (χ3v) is 7.49. The van der Waals surface area contributed by atoms with Crippen LogP contribution in [0.5, 0.6) is 0 Å². The highest BCUT2D eigenvalue weighted by molar-refractivity contribution is 5.77. The first-order valence-electron chi connectivity index (χ1n) is 11.8. The highest BCUT2D eigenvalue weighted by Crippen LogP contribution is 2.36. The molecule has 0 aliphatic carbocycles. The van der Waals surface area contributed by atoms with Crippen LogP contribution in [0, 0.1) is 0 Å². The van der Waals surface area contributed by atoms with E-state index in [2.05, 4.69) is 14.8 Å². The lowest BCUT2D eigenvalue weighted by Crippen LogP contribution is -2.49. The van der Waals surface area contributed by atoms with Gasteiger partial charge in [0.1, 0.15) is 12.5 Å². The van der Waals surface area contributed by atoms with E-state index in [4.69, 9.17) is 24.4 Å². The van der Waals surface area contributed by atoms with Crippen molar-refractivity contribution >= 4 is 22.9 Å². The quantitative estimate of drug-likeness (QED) is 0.598. The SMILES string of the molecule is FCc1nc2ccccc2n1-c1nc(N2C3CCC2COC3)nc(N2C3CCC2COC3)n1. The number of alkyl halides is 1. The fraction of sp³-hybridized carbons (Fsp3) is 0.565. The topological polar surface area (TPSA) is 81.4 Å². The molecule has 9 nitrogen and oxygen atoms in total. The van der Waals surface area contributed by atoms with Crippen molar-refractivity contribution in [1.82, 2.24) is 24.5 Å². The van der Waals surface area contributed by atoms with Crippen molar-refractivity contribution < 1.29 is 13.9 Å². The molecule has 172 valence electrons. The molecule has 4 aliphatic heterocycles. The smallest absolute Gasteiger partial charge is 0.242 e. The molecule has 4 atom stereocenters. The Morgan fingerprint density at radius 1 is 0.727 bits per heavy atom. The number of para-hydroxylation sites is 2. The van der Waals surface area contributed by atoms with Gasteiger partial charge < -0.3 is 19.3 Å². The van der Waals surface area contributed by atoms with Crippen molar-refractivity contribution in [1.29, 1.82) is 0 Å². The molecule has 4 fully saturated rings. The Bertz CT molecular complexity index is 1120. The fourth-order valence-corrected chi connectivity index (χ4v) is 5.97. The zero-order valence-electron chi connectivity index (χ0n) is 18.3. The van der Waals surface area contributed by atoms with Crippen LogP contribution in [0.25, 0.3) is 17.0 Å². The van der Waals surface area contributed by atoms with E-state index in [1.165, 1.54) is 0 Å². The first-order chi connectivity index (χ1) is 16.3. The van der Waals surface area contributed by atoms with Gasteiger partial charge in [0.15, 0.2) is 0 Å². The third-order valence-electron chi connectivity index (χ3n) is 7.49. The van der Waals surface area contributed by atoms with Gasteiger partial charge >= 0.3 is 0 Å². The Morgan fingerprint density at radius 3 is 1.79 bits per heavy atom. The predicted octanol–water partition coefficient (Wildman–Crippen LogP) is 2.42. The van der Waals surface area contributed by atoms with E-state index < -0.39 is 6.67 Å². The number of imidazole rings is 1. The lowest BCUT2D eigenvalue weighted by molar-refractivity contribution is 0.0884. The number of aromatic nitrogens is 5. The van der Waals surface area contributed by atoms with Gasteiger partial charge in [-0.05, 0) is 37.8 Å². The normalized spacial score (nSPS) is 28.8. The van der Waals surface area contributed by atoms with E-state index in [1.54, 1.807) is 4.57 Å². The molecule has 0 radical (unpaired) electrons. The van der Waals surface area contributed by atoms with Gasteiger partial charge in [0.25, 0.3) is 0 Å². The van der Waals surface area contributed by atoms with Crippen molar-refractivity contribution in [2.45, 2.75) is 56.5 Å². The second kappa shape index (κ2) is 7.59. The van der Waals surface area contributed by atoms with Crippen LogP contribution in [-0.4, -0.2) is 75.1 Å². The minimum Gasteiger partial charge on any atom is -0.377 e. The second-order valence-corrected chi connectivity index (χ2v) is 9.38. The highest BCUT2D eigenvalue weighted by atomic mass is 19.1. The number of ether oxygens (including phenoxy) is 2. The summed E-state index contributed by atoms with van der Waals surface area (Å²) < 4.78 is 27.4. The van der Waals surface area contributed by atoms with Gasteiger partial charge in [0.2, 0.25) is 17.8 Å². The van der Waals surface area contributed by atoms with Crippen molar-refractivity contribution in [3.8, 4) is 5.95 Å². The zero-order chi connectivity index (χ0) is 21.9. The maximum absolute atomic E-state index is 14.1. The number of halogens is 1. The van der Waals surface area contributed by atoms with Crippen LogP contribution < -0.4 is 9.80 Å². The average Bonchev–Trinajstić information content (AvgIpc) is 3.44. The number of fused-ring (bicyclic) bond motifs is 5. The summed E-state index contributed by atoms with van der Waals surface area (Å²) in [7, 11) is 0. The largest absolute Gasteiger partial charge is 0.377 e. The Hall–Kier alpha value is -2.85. The second-order valence-electron chi connectivity index (χ2n) is 9.38. The van der Waals surface area contributed by atoms with Gasteiger partial charge in [-0.3, -0.25) is 4.57 Å². The molecule has 0 saturated carbocycles. The minimum absolute atomic E-state index is 0.258. The molecule has 0 N–H and O–H groups in total. The van der Waals surface area contributed by atoms with Gasteiger partial charge in [-0.1, -0.05) is 12.1 Å². The Balaban J connectivity index is 1.42. The number of benzene rings is 1. The Morgan fingerprint density at radius 2 is 1.24 bits per heavy atom. The summed E-state index contributed by atoms with van der Waals surface area (Å²) in [6, 6.07) is 8.68. The van der Waals surface area contributed by atoms with Gasteiger partial charge in [-0.2, -0.15) is 15.0 Å². The van der Waals surface area contributed by atoms with Gasteiger partial charge in [0, 0.05) is 0 Å². The van der Waals surface area contributed by atoms with Crippen LogP contribution in [-0.2, 0) is 16.1 Å². The monoisotopic (exact) mass is 451 g/mol. The van der Waals surface area contributed by atoms with E-state index >= 15 is 0 Å². The van der Waals surface area contributed by atoms with Crippen LogP contribution in [0.4, 0.5) is 16.3 Å². The van der Waals surface area contributed by atoms with E-state index in [0.717, 1.165) is 36.7 Å². The summed E-state index contributed by atoms with van der Waals surface area (Å²) in [4.78, 5) is 23.9. The average molecular weight is 452 g/mol. The summed E-state index contributed by atoms with van der Waals surface area (Å²) in [6.45, 7) is 2.02. The van der Waals surface area contributed by atoms with E-state index in [9.17, 15) is 4.39 Å². The molecular formula is C23H26FN7O2. The Labute approximate surface area is 190 Å². The number of nitrogens with zero attached hydrogens (tertiary/aromatic N) is 7. The molecule has 0 amide bonds. The molecule has 4 unspecified atom stereocenters. The maximum Gasteiger partial charge on any atom is 0.242 e.